The average molecular weight is 213 g/mol. The second-order valence-electron chi connectivity index (χ2n) is 3.70. The van der Waals surface area contributed by atoms with E-state index in [1.54, 1.807) is 0 Å². The number of hydrogen-bond donors (Lipinski definition) is 3. The van der Waals surface area contributed by atoms with Crippen molar-refractivity contribution < 1.29 is 9.59 Å². The van der Waals surface area contributed by atoms with Gasteiger partial charge in [0, 0.05) is 38.5 Å². The Morgan fingerprint density at radius 1 is 1.60 bits per heavy atom. The molecule has 86 valence electrons. The van der Waals surface area contributed by atoms with Crippen LogP contribution in [-0.2, 0) is 9.59 Å². The van der Waals surface area contributed by atoms with Gasteiger partial charge in [-0.1, -0.05) is 0 Å². The van der Waals surface area contributed by atoms with Crippen LogP contribution in [0.1, 0.15) is 26.2 Å². The maximum absolute atomic E-state index is 11.1. The van der Waals surface area contributed by atoms with Crippen molar-refractivity contribution in [2.24, 2.45) is 0 Å². The Hall–Kier alpha value is -1.10. The van der Waals surface area contributed by atoms with Gasteiger partial charge in [0.25, 0.3) is 0 Å². The summed E-state index contributed by atoms with van der Waals surface area (Å²) >= 11 is 0. The van der Waals surface area contributed by atoms with E-state index in [0.29, 0.717) is 38.5 Å². The first-order chi connectivity index (χ1) is 7.22. The third-order valence-corrected chi connectivity index (χ3v) is 2.42. The molecular weight excluding hydrogens is 194 g/mol. The maximum Gasteiger partial charge on any atom is 0.221 e. The SMILES string of the molecule is CCNC(=O)CCNC1CCC(=O)NC1. The van der Waals surface area contributed by atoms with Crippen molar-refractivity contribution in [2.75, 3.05) is 19.6 Å². The van der Waals surface area contributed by atoms with Gasteiger partial charge in [0.1, 0.15) is 0 Å². The number of carbonyl (C=O) groups is 2. The number of piperidine rings is 1. The number of carbonyl (C=O) groups excluding carboxylic acids is 2. The summed E-state index contributed by atoms with van der Waals surface area (Å²) in [7, 11) is 0. The van der Waals surface area contributed by atoms with Crippen molar-refractivity contribution in [3.63, 3.8) is 0 Å². The first-order valence-corrected chi connectivity index (χ1v) is 5.49. The Kier molecular flexibility index (Phi) is 5.10. The molecule has 0 aromatic carbocycles. The van der Waals surface area contributed by atoms with Gasteiger partial charge in [-0.2, -0.15) is 0 Å². The molecule has 15 heavy (non-hydrogen) atoms. The second kappa shape index (κ2) is 6.40. The monoisotopic (exact) mass is 213 g/mol. The summed E-state index contributed by atoms with van der Waals surface area (Å²) < 4.78 is 0. The minimum atomic E-state index is 0.0739. The van der Waals surface area contributed by atoms with Gasteiger partial charge in [-0.25, -0.2) is 0 Å². The van der Waals surface area contributed by atoms with Gasteiger partial charge in [0.2, 0.25) is 11.8 Å². The molecule has 0 spiro atoms. The van der Waals surface area contributed by atoms with Crippen LogP contribution in [0.5, 0.6) is 0 Å². The third-order valence-electron chi connectivity index (χ3n) is 2.42. The summed E-state index contributed by atoms with van der Waals surface area (Å²) in [5.41, 5.74) is 0. The van der Waals surface area contributed by atoms with E-state index in [4.69, 9.17) is 0 Å². The van der Waals surface area contributed by atoms with Gasteiger partial charge in [-0.05, 0) is 13.3 Å². The van der Waals surface area contributed by atoms with E-state index in [9.17, 15) is 9.59 Å². The standard InChI is InChI=1S/C10H19N3O2/c1-2-11-10(15)5-6-12-8-3-4-9(14)13-7-8/h8,12H,2-7H2,1H3,(H,11,15)(H,13,14). The highest BCUT2D eigenvalue weighted by Gasteiger charge is 2.16. The van der Waals surface area contributed by atoms with Gasteiger partial charge < -0.3 is 16.0 Å². The average Bonchev–Trinajstić information content (AvgIpc) is 2.21. The van der Waals surface area contributed by atoms with Crippen LogP contribution < -0.4 is 16.0 Å². The van der Waals surface area contributed by atoms with E-state index in [0.717, 1.165) is 6.42 Å². The van der Waals surface area contributed by atoms with E-state index in [1.807, 2.05) is 6.92 Å². The first-order valence-electron chi connectivity index (χ1n) is 5.49. The number of hydrogen-bond acceptors (Lipinski definition) is 3. The molecule has 5 nitrogen and oxygen atoms in total. The predicted molar refractivity (Wildman–Crippen MR) is 57.3 cm³/mol. The molecule has 0 saturated carbocycles. The van der Waals surface area contributed by atoms with Crippen molar-refractivity contribution in [3.8, 4) is 0 Å². The Labute approximate surface area is 90.0 Å². The van der Waals surface area contributed by atoms with Crippen LogP contribution in [0, 0.1) is 0 Å². The largest absolute Gasteiger partial charge is 0.356 e. The van der Waals surface area contributed by atoms with Crippen LogP contribution in [0.25, 0.3) is 0 Å². The quantitative estimate of drug-likeness (QED) is 0.570. The highest BCUT2D eigenvalue weighted by Crippen LogP contribution is 2.02. The number of nitrogens with one attached hydrogen (secondary N) is 3. The predicted octanol–water partition coefficient (Wildman–Crippen LogP) is -0.619. The molecule has 5 heteroatoms. The highest BCUT2D eigenvalue weighted by molar-refractivity contribution is 5.77. The molecule has 0 bridgehead atoms. The molecule has 1 saturated heterocycles. The van der Waals surface area contributed by atoms with Crippen molar-refractivity contribution >= 4 is 11.8 Å². The van der Waals surface area contributed by atoms with Crippen LogP contribution >= 0.6 is 0 Å². The van der Waals surface area contributed by atoms with Gasteiger partial charge in [0.05, 0.1) is 0 Å². The molecule has 1 rings (SSSR count). The molecule has 0 aliphatic carbocycles. The highest BCUT2D eigenvalue weighted by atomic mass is 16.2. The summed E-state index contributed by atoms with van der Waals surface area (Å²) in [6.45, 7) is 3.93. The topological polar surface area (TPSA) is 70.2 Å². The van der Waals surface area contributed by atoms with E-state index in [1.165, 1.54) is 0 Å². The van der Waals surface area contributed by atoms with Gasteiger partial charge >= 0.3 is 0 Å². The summed E-state index contributed by atoms with van der Waals surface area (Å²) in [5.74, 6) is 0.196. The zero-order chi connectivity index (χ0) is 11.1. The smallest absolute Gasteiger partial charge is 0.221 e. The Balaban J connectivity index is 2.05. The minimum absolute atomic E-state index is 0.0739. The zero-order valence-corrected chi connectivity index (χ0v) is 9.14. The molecule has 1 unspecified atom stereocenters. The summed E-state index contributed by atoms with van der Waals surface area (Å²) in [6.07, 6.45) is 1.94. The van der Waals surface area contributed by atoms with Crippen molar-refractivity contribution in [1.29, 1.82) is 0 Å². The lowest BCUT2D eigenvalue weighted by atomic mass is 10.1. The van der Waals surface area contributed by atoms with Crippen LogP contribution in [0.2, 0.25) is 0 Å². The lowest BCUT2D eigenvalue weighted by Crippen LogP contribution is -2.46. The van der Waals surface area contributed by atoms with Crippen LogP contribution in [0.3, 0.4) is 0 Å². The van der Waals surface area contributed by atoms with E-state index in [2.05, 4.69) is 16.0 Å². The first kappa shape index (κ1) is 12.0. The minimum Gasteiger partial charge on any atom is -0.356 e. The fraction of sp³-hybridized carbons (Fsp3) is 0.800. The van der Waals surface area contributed by atoms with Crippen LogP contribution in [0.4, 0.5) is 0 Å². The van der Waals surface area contributed by atoms with Gasteiger partial charge in [0.15, 0.2) is 0 Å². The molecule has 0 aromatic heterocycles. The van der Waals surface area contributed by atoms with Crippen LogP contribution in [-0.4, -0.2) is 37.5 Å². The molecule has 1 atom stereocenters. The Morgan fingerprint density at radius 3 is 3.00 bits per heavy atom. The lowest BCUT2D eigenvalue weighted by molar-refractivity contribution is -0.123. The van der Waals surface area contributed by atoms with Gasteiger partial charge in [-0.15, -0.1) is 0 Å². The Bertz CT molecular complexity index is 221. The summed E-state index contributed by atoms with van der Waals surface area (Å²) in [5, 5.41) is 8.79. The van der Waals surface area contributed by atoms with Crippen LogP contribution in [0.15, 0.2) is 0 Å². The zero-order valence-electron chi connectivity index (χ0n) is 9.14. The molecule has 0 radical (unpaired) electrons. The lowest BCUT2D eigenvalue weighted by Gasteiger charge is -2.23. The molecule has 1 aliphatic heterocycles. The summed E-state index contributed by atoms with van der Waals surface area (Å²) in [6, 6.07) is 0.317. The molecule has 0 aromatic rings. The molecular formula is C10H19N3O2. The van der Waals surface area contributed by atoms with E-state index < -0.39 is 0 Å². The molecule has 1 heterocycles. The van der Waals surface area contributed by atoms with Crippen molar-refractivity contribution in [2.45, 2.75) is 32.2 Å². The molecule has 1 aliphatic rings. The van der Waals surface area contributed by atoms with Gasteiger partial charge in [-0.3, -0.25) is 9.59 Å². The number of rotatable bonds is 5. The van der Waals surface area contributed by atoms with E-state index >= 15 is 0 Å². The van der Waals surface area contributed by atoms with Crippen molar-refractivity contribution in [1.82, 2.24) is 16.0 Å². The van der Waals surface area contributed by atoms with Crippen molar-refractivity contribution in [3.05, 3.63) is 0 Å². The Morgan fingerprint density at radius 2 is 2.40 bits per heavy atom. The number of amides is 2. The fourth-order valence-electron chi connectivity index (χ4n) is 1.58. The summed E-state index contributed by atoms with van der Waals surface area (Å²) in [4.78, 5) is 22.0. The van der Waals surface area contributed by atoms with E-state index in [-0.39, 0.29) is 11.8 Å². The fourth-order valence-corrected chi connectivity index (χ4v) is 1.58. The molecule has 3 N–H and O–H groups in total. The molecule has 2 amide bonds. The maximum atomic E-state index is 11.1. The second-order valence-corrected chi connectivity index (χ2v) is 3.70. The third kappa shape index (κ3) is 4.78. The molecule has 1 fully saturated rings. The normalized spacial score (nSPS) is 20.9.